The zero-order valence-electron chi connectivity index (χ0n) is 11.9. The predicted octanol–water partition coefficient (Wildman–Crippen LogP) is 4.43. The molecule has 0 radical (unpaired) electrons. The first kappa shape index (κ1) is 15.1. The molecule has 1 N–H and O–H groups in total. The number of rotatable bonds is 7. The van der Waals surface area contributed by atoms with E-state index in [1.54, 1.807) is 0 Å². The molecular weight excluding hydrogens is 318 g/mol. The lowest BCUT2D eigenvalue weighted by Gasteiger charge is -2.06. The summed E-state index contributed by atoms with van der Waals surface area (Å²) in [7, 11) is 0. The summed E-state index contributed by atoms with van der Waals surface area (Å²) in [5, 5.41) is 3.35. The second-order valence-corrected chi connectivity index (χ2v) is 5.57. The Morgan fingerprint density at radius 1 is 1.30 bits per heavy atom. The maximum atomic E-state index is 5.82. The van der Waals surface area contributed by atoms with Crippen molar-refractivity contribution in [3.8, 4) is 5.75 Å². The molecule has 1 aromatic carbocycles. The minimum Gasteiger partial charge on any atom is -0.484 e. The first-order valence-corrected chi connectivity index (χ1v) is 7.66. The highest BCUT2D eigenvalue weighted by molar-refractivity contribution is 9.10. The van der Waals surface area contributed by atoms with Gasteiger partial charge in [-0.25, -0.2) is 0 Å². The average molecular weight is 338 g/mol. The van der Waals surface area contributed by atoms with E-state index in [2.05, 4.69) is 35.1 Å². The van der Waals surface area contributed by atoms with Crippen LogP contribution in [0.4, 0.5) is 0 Å². The van der Waals surface area contributed by atoms with Gasteiger partial charge in [0, 0.05) is 0 Å². The fraction of sp³-hybridized carbons (Fsp3) is 0.375. The van der Waals surface area contributed by atoms with Crippen molar-refractivity contribution < 1.29 is 9.15 Å². The van der Waals surface area contributed by atoms with Gasteiger partial charge in [-0.3, -0.25) is 0 Å². The Labute approximate surface area is 128 Å². The van der Waals surface area contributed by atoms with Gasteiger partial charge in [-0.2, -0.15) is 0 Å². The van der Waals surface area contributed by atoms with Crippen molar-refractivity contribution in [2.24, 2.45) is 0 Å². The van der Waals surface area contributed by atoms with Gasteiger partial charge in [0.2, 0.25) is 0 Å². The van der Waals surface area contributed by atoms with Crippen molar-refractivity contribution in [2.45, 2.75) is 33.4 Å². The van der Waals surface area contributed by atoms with E-state index in [1.807, 2.05) is 30.3 Å². The molecule has 4 heteroatoms. The van der Waals surface area contributed by atoms with Gasteiger partial charge in [-0.15, -0.1) is 0 Å². The molecule has 0 atom stereocenters. The molecule has 1 heterocycles. The van der Waals surface area contributed by atoms with Gasteiger partial charge >= 0.3 is 0 Å². The summed E-state index contributed by atoms with van der Waals surface area (Å²) in [6, 6.07) is 9.85. The van der Waals surface area contributed by atoms with Crippen LogP contribution < -0.4 is 10.1 Å². The number of ether oxygens (including phenoxy) is 1. The Morgan fingerprint density at radius 2 is 2.10 bits per heavy atom. The number of nitrogens with one attached hydrogen (secondary N) is 1. The van der Waals surface area contributed by atoms with Gasteiger partial charge in [0.25, 0.3) is 0 Å². The lowest BCUT2D eigenvalue weighted by Crippen LogP contribution is -2.13. The number of hydrogen-bond donors (Lipinski definition) is 1. The van der Waals surface area contributed by atoms with Crippen LogP contribution in [0.25, 0.3) is 0 Å². The lowest BCUT2D eigenvalue weighted by molar-refractivity contribution is 0.263. The van der Waals surface area contributed by atoms with E-state index < -0.39 is 0 Å². The Balaban J connectivity index is 1.93. The van der Waals surface area contributed by atoms with Crippen molar-refractivity contribution >= 4 is 15.9 Å². The zero-order valence-corrected chi connectivity index (χ0v) is 13.5. The largest absolute Gasteiger partial charge is 0.484 e. The summed E-state index contributed by atoms with van der Waals surface area (Å²) in [4.78, 5) is 0. The van der Waals surface area contributed by atoms with Crippen molar-refractivity contribution in [1.29, 1.82) is 0 Å². The van der Waals surface area contributed by atoms with Crippen LogP contribution in [0.15, 0.2) is 39.2 Å². The highest BCUT2D eigenvalue weighted by atomic mass is 79.9. The quantitative estimate of drug-likeness (QED) is 0.759. The molecule has 0 saturated heterocycles. The molecule has 1 aromatic heterocycles. The zero-order chi connectivity index (χ0) is 14.4. The molecule has 0 bridgehead atoms. The number of benzene rings is 1. The molecular formula is C16H20BrNO2. The Kier molecular flexibility index (Phi) is 5.68. The highest BCUT2D eigenvalue weighted by Crippen LogP contribution is 2.25. The number of halogens is 1. The summed E-state index contributed by atoms with van der Waals surface area (Å²) in [5.74, 6) is 2.67. The SMILES string of the molecule is CCCNCc1oc(COc2ccccc2Br)cc1C. The molecule has 0 amide bonds. The maximum absolute atomic E-state index is 5.82. The van der Waals surface area contributed by atoms with Crippen molar-refractivity contribution in [1.82, 2.24) is 5.32 Å². The van der Waals surface area contributed by atoms with E-state index in [0.29, 0.717) is 6.61 Å². The third-order valence-electron chi connectivity index (χ3n) is 2.99. The topological polar surface area (TPSA) is 34.4 Å². The van der Waals surface area contributed by atoms with Gasteiger partial charge in [0.1, 0.15) is 23.9 Å². The minimum atomic E-state index is 0.442. The Morgan fingerprint density at radius 3 is 2.85 bits per heavy atom. The molecule has 20 heavy (non-hydrogen) atoms. The average Bonchev–Trinajstić information content (AvgIpc) is 2.79. The highest BCUT2D eigenvalue weighted by Gasteiger charge is 2.08. The van der Waals surface area contributed by atoms with Crippen LogP contribution >= 0.6 is 15.9 Å². The number of hydrogen-bond acceptors (Lipinski definition) is 3. The maximum Gasteiger partial charge on any atom is 0.146 e. The Bertz CT molecular complexity index is 551. The third-order valence-corrected chi connectivity index (χ3v) is 3.65. The molecule has 0 aliphatic heterocycles. The second-order valence-electron chi connectivity index (χ2n) is 4.71. The summed E-state index contributed by atoms with van der Waals surface area (Å²) in [6.07, 6.45) is 1.12. The molecule has 3 nitrogen and oxygen atoms in total. The first-order chi connectivity index (χ1) is 9.70. The van der Waals surface area contributed by atoms with E-state index >= 15 is 0 Å². The normalized spacial score (nSPS) is 10.8. The van der Waals surface area contributed by atoms with E-state index in [-0.39, 0.29) is 0 Å². The van der Waals surface area contributed by atoms with Crippen LogP contribution in [0.1, 0.15) is 30.4 Å². The summed E-state index contributed by atoms with van der Waals surface area (Å²) in [6.45, 7) is 6.43. The summed E-state index contributed by atoms with van der Waals surface area (Å²) >= 11 is 3.47. The molecule has 108 valence electrons. The standard InChI is InChI=1S/C16H20BrNO2/c1-3-8-18-10-16-12(2)9-13(20-16)11-19-15-7-5-4-6-14(15)17/h4-7,9,18H,3,8,10-11H2,1-2H3. The van der Waals surface area contributed by atoms with Gasteiger partial charge in [-0.1, -0.05) is 19.1 Å². The number of para-hydroxylation sites is 1. The second kappa shape index (κ2) is 7.50. The van der Waals surface area contributed by atoms with Crippen LogP contribution in [0.5, 0.6) is 5.75 Å². The van der Waals surface area contributed by atoms with Crippen LogP contribution in [0, 0.1) is 6.92 Å². The smallest absolute Gasteiger partial charge is 0.146 e. The minimum absolute atomic E-state index is 0.442. The lowest BCUT2D eigenvalue weighted by atomic mass is 10.2. The molecule has 2 rings (SSSR count). The molecule has 0 spiro atoms. The van der Waals surface area contributed by atoms with Gasteiger partial charge in [0.15, 0.2) is 0 Å². The fourth-order valence-electron chi connectivity index (χ4n) is 1.93. The van der Waals surface area contributed by atoms with E-state index in [9.17, 15) is 0 Å². The van der Waals surface area contributed by atoms with Crippen molar-refractivity contribution in [3.63, 3.8) is 0 Å². The van der Waals surface area contributed by atoms with E-state index in [4.69, 9.17) is 9.15 Å². The molecule has 0 aliphatic rings. The summed E-state index contributed by atoms with van der Waals surface area (Å²) in [5.41, 5.74) is 1.17. The Hall–Kier alpha value is -1.26. The molecule has 0 saturated carbocycles. The van der Waals surface area contributed by atoms with E-state index in [1.165, 1.54) is 5.56 Å². The van der Waals surface area contributed by atoms with Gasteiger partial charge in [-0.05, 0) is 59.6 Å². The van der Waals surface area contributed by atoms with Crippen LogP contribution in [-0.4, -0.2) is 6.54 Å². The monoisotopic (exact) mass is 337 g/mol. The molecule has 0 fully saturated rings. The number of furan rings is 1. The van der Waals surface area contributed by atoms with Crippen LogP contribution in [-0.2, 0) is 13.2 Å². The number of aryl methyl sites for hydroxylation is 1. The van der Waals surface area contributed by atoms with Crippen molar-refractivity contribution in [3.05, 3.63) is 51.9 Å². The molecule has 0 aliphatic carbocycles. The van der Waals surface area contributed by atoms with Crippen LogP contribution in [0.3, 0.4) is 0 Å². The molecule has 2 aromatic rings. The van der Waals surface area contributed by atoms with Gasteiger partial charge < -0.3 is 14.5 Å². The van der Waals surface area contributed by atoms with Gasteiger partial charge in [0.05, 0.1) is 11.0 Å². The fourth-order valence-corrected chi connectivity index (χ4v) is 2.33. The predicted molar refractivity (Wildman–Crippen MR) is 83.9 cm³/mol. The third kappa shape index (κ3) is 4.12. The first-order valence-electron chi connectivity index (χ1n) is 6.87. The summed E-state index contributed by atoms with van der Waals surface area (Å²) < 4.78 is 12.5. The molecule has 0 unspecified atom stereocenters. The van der Waals surface area contributed by atoms with Crippen LogP contribution in [0.2, 0.25) is 0 Å². The van der Waals surface area contributed by atoms with Crippen molar-refractivity contribution in [2.75, 3.05) is 6.54 Å². The van der Waals surface area contributed by atoms with E-state index in [0.717, 1.165) is 41.3 Å².